The Morgan fingerprint density at radius 1 is 1.19 bits per heavy atom. The predicted octanol–water partition coefficient (Wildman–Crippen LogP) is 0.391. The number of quaternary nitrogens is 1. The van der Waals surface area contributed by atoms with Gasteiger partial charge in [-0.1, -0.05) is 6.92 Å². The Labute approximate surface area is 163 Å². The zero-order valence-corrected chi connectivity index (χ0v) is 17.0. The zero-order chi connectivity index (χ0) is 19.6. The van der Waals surface area contributed by atoms with E-state index in [-0.39, 0.29) is 24.9 Å². The summed E-state index contributed by atoms with van der Waals surface area (Å²) < 4.78 is 4.94. The number of nitrogens with one attached hydrogen (secondary N) is 3. The number of hydrogen-bond donors (Lipinski definition) is 3. The zero-order valence-electron chi connectivity index (χ0n) is 16.1. The van der Waals surface area contributed by atoms with Crippen LogP contribution in [0, 0.1) is 5.92 Å². The molecule has 1 heterocycles. The van der Waals surface area contributed by atoms with Crippen molar-refractivity contribution in [3.63, 3.8) is 0 Å². The summed E-state index contributed by atoms with van der Waals surface area (Å²) in [6.07, 6.45) is 4.88. The van der Waals surface area contributed by atoms with Crippen LogP contribution >= 0.6 is 11.3 Å². The van der Waals surface area contributed by atoms with E-state index in [4.69, 9.17) is 4.74 Å². The second kappa shape index (κ2) is 8.39. The van der Waals surface area contributed by atoms with Crippen LogP contribution in [0.2, 0.25) is 0 Å². The third kappa shape index (κ3) is 5.07. The van der Waals surface area contributed by atoms with Gasteiger partial charge in [0.1, 0.15) is 5.00 Å². The Morgan fingerprint density at radius 2 is 1.89 bits per heavy atom. The average Bonchev–Trinajstić information content (AvgIpc) is 3.32. The van der Waals surface area contributed by atoms with Crippen LogP contribution in [-0.4, -0.2) is 51.1 Å². The van der Waals surface area contributed by atoms with Gasteiger partial charge in [0, 0.05) is 10.9 Å². The van der Waals surface area contributed by atoms with Crippen molar-refractivity contribution < 1.29 is 24.0 Å². The molecule has 8 heteroatoms. The van der Waals surface area contributed by atoms with Crippen molar-refractivity contribution in [3.8, 4) is 0 Å². The SMILES string of the molecule is COC(=O)c1c(NC(=O)C[NH+](C)CC(=O)NC2CC2)sc2c1CC[C@H](C)C2. The van der Waals surface area contributed by atoms with Gasteiger partial charge in [-0.25, -0.2) is 4.79 Å². The number of hydrogen-bond acceptors (Lipinski definition) is 5. The van der Waals surface area contributed by atoms with Gasteiger partial charge in [0.05, 0.1) is 19.7 Å². The topological polar surface area (TPSA) is 88.9 Å². The number of anilines is 1. The first-order valence-corrected chi connectivity index (χ1v) is 10.3. The molecule has 1 unspecified atom stereocenters. The maximum Gasteiger partial charge on any atom is 0.341 e. The molecule has 2 aliphatic carbocycles. The van der Waals surface area contributed by atoms with E-state index < -0.39 is 5.97 Å². The van der Waals surface area contributed by atoms with Crippen LogP contribution in [0.25, 0.3) is 0 Å². The number of methoxy groups -OCH3 is 1. The van der Waals surface area contributed by atoms with Crippen LogP contribution in [0.15, 0.2) is 0 Å². The summed E-state index contributed by atoms with van der Waals surface area (Å²) in [7, 11) is 3.17. The number of rotatable bonds is 7. The number of thiophene rings is 1. The number of fused-ring (bicyclic) bond motifs is 1. The van der Waals surface area contributed by atoms with Gasteiger partial charge >= 0.3 is 5.97 Å². The number of esters is 1. The Bertz CT molecular complexity index is 742. The first-order chi connectivity index (χ1) is 12.9. The molecule has 0 aliphatic heterocycles. The number of ether oxygens (including phenoxy) is 1. The van der Waals surface area contributed by atoms with Crippen LogP contribution < -0.4 is 15.5 Å². The van der Waals surface area contributed by atoms with E-state index in [0.29, 0.717) is 22.5 Å². The lowest BCUT2D eigenvalue weighted by atomic mass is 9.88. The smallest absolute Gasteiger partial charge is 0.341 e. The molecule has 0 bridgehead atoms. The van der Waals surface area contributed by atoms with Gasteiger partial charge in [0.25, 0.3) is 11.8 Å². The lowest BCUT2D eigenvalue weighted by molar-refractivity contribution is -0.862. The van der Waals surface area contributed by atoms with Gasteiger partial charge in [-0.15, -0.1) is 11.3 Å². The van der Waals surface area contributed by atoms with Gasteiger partial charge in [-0.3, -0.25) is 9.59 Å². The lowest BCUT2D eigenvalue weighted by Crippen LogP contribution is -3.11. The molecule has 1 aromatic heterocycles. The fourth-order valence-electron chi connectivity index (χ4n) is 3.44. The van der Waals surface area contributed by atoms with E-state index in [0.717, 1.165) is 47.4 Å². The highest BCUT2D eigenvalue weighted by molar-refractivity contribution is 7.17. The second-order valence-corrected chi connectivity index (χ2v) is 8.85. The first kappa shape index (κ1) is 19.8. The number of amides is 2. The summed E-state index contributed by atoms with van der Waals surface area (Å²) in [5.74, 6) is -0.0604. The summed E-state index contributed by atoms with van der Waals surface area (Å²) in [6.45, 7) is 2.62. The van der Waals surface area contributed by atoms with Gasteiger partial charge < -0.3 is 20.3 Å². The van der Waals surface area contributed by atoms with E-state index in [9.17, 15) is 14.4 Å². The minimum absolute atomic E-state index is 0.0291. The summed E-state index contributed by atoms with van der Waals surface area (Å²) in [4.78, 5) is 38.6. The highest BCUT2D eigenvalue weighted by Crippen LogP contribution is 2.39. The third-order valence-corrected chi connectivity index (χ3v) is 6.19. The van der Waals surface area contributed by atoms with Crippen LogP contribution in [0.1, 0.15) is 47.0 Å². The monoisotopic (exact) mass is 394 g/mol. The molecule has 0 radical (unpaired) electrons. The van der Waals surface area contributed by atoms with Crippen molar-refractivity contribution >= 4 is 34.1 Å². The molecular weight excluding hydrogens is 366 g/mol. The third-order valence-electron chi connectivity index (χ3n) is 5.02. The minimum Gasteiger partial charge on any atom is -0.465 e. The molecule has 1 saturated carbocycles. The summed E-state index contributed by atoms with van der Waals surface area (Å²) in [5.41, 5.74) is 1.52. The molecule has 1 aromatic rings. The minimum atomic E-state index is -0.401. The van der Waals surface area contributed by atoms with Crippen LogP contribution in [0.3, 0.4) is 0 Å². The molecular formula is C19H28N3O4S+. The highest BCUT2D eigenvalue weighted by atomic mass is 32.1. The number of carbonyl (C=O) groups is 3. The van der Waals surface area contributed by atoms with Crippen molar-refractivity contribution in [1.29, 1.82) is 0 Å². The molecule has 27 heavy (non-hydrogen) atoms. The van der Waals surface area contributed by atoms with Crippen molar-refractivity contribution in [2.75, 3.05) is 32.6 Å². The molecule has 2 atom stereocenters. The Morgan fingerprint density at radius 3 is 2.56 bits per heavy atom. The van der Waals surface area contributed by atoms with Crippen molar-refractivity contribution in [1.82, 2.24) is 5.32 Å². The van der Waals surface area contributed by atoms with E-state index in [1.807, 2.05) is 7.05 Å². The lowest BCUT2D eigenvalue weighted by Gasteiger charge is -2.18. The van der Waals surface area contributed by atoms with E-state index in [1.54, 1.807) is 0 Å². The van der Waals surface area contributed by atoms with E-state index in [1.165, 1.54) is 18.4 Å². The van der Waals surface area contributed by atoms with Gasteiger partial charge in [-0.2, -0.15) is 0 Å². The normalized spacial score (nSPS) is 19.7. The van der Waals surface area contributed by atoms with Gasteiger partial charge in [0.2, 0.25) is 0 Å². The molecule has 2 aliphatic rings. The van der Waals surface area contributed by atoms with Gasteiger partial charge in [0.15, 0.2) is 13.1 Å². The maximum atomic E-state index is 12.5. The summed E-state index contributed by atoms with van der Waals surface area (Å²) in [6, 6.07) is 0.321. The molecule has 3 N–H and O–H groups in total. The van der Waals surface area contributed by atoms with Crippen molar-refractivity contribution in [3.05, 3.63) is 16.0 Å². The second-order valence-electron chi connectivity index (χ2n) is 7.75. The predicted molar refractivity (Wildman–Crippen MR) is 103 cm³/mol. The summed E-state index contributed by atoms with van der Waals surface area (Å²) >= 11 is 1.47. The number of likely N-dealkylation sites (N-methyl/N-ethyl adjacent to an activating group) is 1. The molecule has 7 nitrogen and oxygen atoms in total. The fraction of sp³-hybridized carbons (Fsp3) is 0.632. The van der Waals surface area contributed by atoms with Crippen LogP contribution in [-0.2, 0) is 27.2 Å². The van der Waals surface area contributed by atoms with Crippen molar-refractivity contribution in [2.24, 2.45) is 5.92 Å². The summed E-state index contributed by atoms with van der Waals surface area (Å²) in [5, 5.41) is 6.38. The molecule has 0 saturated heterocycles. The standard InChI is InChI=1S/C19H27N3O4S/c1-11-4-7-13-14(8-11)27-18(17(13)19(25)26-3)21-16(24)10-22(2)9-15(23)20-12-5-6-12/h11-12H,4-10H2,1-3H3,(H,20,23)(H,21,24)/p+1/t11-/m0/s1. The fourth-order valence-corrected chi connectivity index (χ4v) is 4.86. The Kier molecular flexibility index (Phi) is 6.16. The Hall–Kier alpha value is -1.93. The first-order valence-electron chi connectivity index (χ1n) is 9.50. The molecule has 0 aromatic carbocycles. The van der Waals surface area contributed by atoms with Crippen molar-refractivity contribution in [2.45, 2.75) is 45.1 Å². The largest absolute Gasteiger partial charge is 0.465 e. The maximum absolute atomic E-state index is 12.5. The molecule has 2 amide bonds. The molecule has 0 spiro atoms. The highest BCUT2D eigenvalue weighted by Gasteiger charge is 2.29. The van der Waals surface area contributed by atoms with Crippen LogP contribution in [0.5, 0.6) is 0 Å². The molecule has 1 fully saturated rings. The van der Waals surface area contributed by atoms with E-state index >= 15 is 0 Å². The average molecular weight is 395 g/mol. The number of carbonyl (C=O) groups excluding carboxylic acids is 3. The molecule has 3 rings (SSSR count). The Balaban J connectivity index is 1.64. The quantitative estimate of drug-likeness (QED) is 0.584. The van der Waals surface area contributed by atoms with Crippen LogP contribution in [0.4, 0.5) is 5.00 Å². The molecule has 148 valence electrons. The van der Waals surface area contributed by atoms with E-state index in [2.05, 4.69) is 17.6 Å². The van der Waals surface area contributed by atoms with Gasteiger partial charge in [-0.05, 0) is 43.6 Å².